The molecule has 5 atom stereocenters. The van der Waals surface area contributed by atoms with Gasteiger partial charge < -0.3 is 80.7 Å². The molecule has 0 aromatic heterocycles. The van der Waals surface area contributed by atoms with Crippen LogP contribution in [0.25, 0.3) is 0 Å². The summed E-state index contributed by atoms with van der Waals surface area (Å²) in [6, 6.07) is 64.5. The molecule has 742 valence electrons. The van der Waals surface area contributed by atoms with Crippen molar-refractivity contribution in [3.8, 4) is 5.75 Å². The number of benzene rings is 8. The SMILES string of the molecule is CC(C)c1ccc(N2CCC(N(C)C)CC2)cc1.CC(C)c1ccc(N2CCNC[C@H]2C)cc1.CC(C)c1ccc(N2CCN[C@@H](C)C2)c(Cl)c1.CC(C)c1ccc(N2CCN[C@H](C)C2)c(F)c1.CC(C)c1ccc(N2CCN[C@H](C)C2)cc1.CC1CN(c2ccc(C(C)C)cc2Cl)CCN1.CCN(CC)CCOc1ccc(C(C)C)cc1.Cc1cc(C(C)C)ccc1N1CCNCC1. The van der Waals surface area contributed by atoms with Gasteiger partial charge in [-0.05, 0) is 270 Å². The molecule has 0 radical (unpaired) electrons. The standard InChI is InChI=1S/C16H26N2.C15H25NO.2C14H21ClN2.C14H21FN2.3C14H22N2/c1-13(2)14-5-7-16(8-6-14)18-11-9-15(10-12-18)17(3)4;1-5-16(6-2)11-12-17-15-9-7-14(8-10-15)13(3)4;3*1-10(2)12-4-5-14(13(15)8-12)17-7-6-16-11(3)9-17;1-11(2)13-4-6-14(7-5-13)16-9-8-15-12(3)10-16;1-11(2)13-4-6-14(7-5-13)16-9-8-15-10-12(16)3;1-11(2)13-4-5-14(12(3)10-13)16-8-6-15-7-9-16/h5-8,13,15H,9-12H2,1-4H3;7-10,13H,5-6,11-12H2,1-4H3;3*4-5,8,10-11,16H,6-7,9H2,1-3H3;2*4-7,11-12,15H,8-10H2,1-3H3;4-5,10-11,15H,6-9H2,1-3H3/t;;11-;;11-;2*12-;/m..0.111./s1. The van der Waals surface area contributed by atoms with E-state index in [9.17, 15) is 4.39 Å². The van der Waals surface area contributed by atoms with E-state index in [1.807, 2.05) is 12.1 Å². The summed E-state index contributed by atoms with van der Waals surface area (Å²) in [5, 5.41) is 22.3. The highest BCUT2D eigenvalue weighted by Gasteiger charge is 2.26. The molecular weight excluding hydrogens is 1700 g/mol. The average molecular weight is 1880 g/mol. The Labute approximate surface area is 824 Å². The lowest BCUT2D eigenvalue weighted by Gasteiger charge is -2.36. The van der Waals surface area contributed by atoms with E-state index in [-0.39, 0.29) is 5.82 Å². The number of ether oxygens (including phenoxy) is 1. The minimum Gasteiger partial charge on any atom is -0.492 e. The van der Waals surface area contributed by atoms with E-state index in [2.05, 4.69) is 408 Å². The Kier molecular flexibility index (Phi) is 48.0. The third-order valence-electron chi connectivity index (χ3n) is 27.3. The molecule has 7 saturated heterocycles. The maximum Gasteiger partial charge on any atom is 0.146 e. The second-order valence-corrected chi connectivity index (χ2v) is 41.8. The number of rotatable bonds is 22. The van der Waals surface area contributed by atoms with E-state index in [1.165, 1.54) is 105 Å². The fraction of sp³-hybridized carbons (Fsp3) is 0.583. The Bertz CT molecular complexity index is 4400. The highest BCUT2D eigenvalue weighted by atomic mass is 35.5. The van der Waals surface area contributed by atoms with Crippen LogP contribution in [0.15, 0.2) is 170 Å². The lowest BCUT2D eigenvalue weighted by Crippen LogP contribution is -2.49. The van der Waals surface area contributed by atoms with Gasteiger partial charge in [-0.3, -0.25) is 0 Å². The van der Waals surface area contributed by atoms with Gasteiger partial charge in [-0.25, -0.2) is 4.39 Å². The van der Waals surface area contributed by atoms with Crippen LogP contribution in [0, 0.1) is 12.7 Å². The average Bonchev–Trinajstić information content (AvgIpc) is 0.832. The number of halogens is 3. The van der Waals surface area contributed by atoms with E-state index in [1.54, 1.807) is 6.07 Å². The lowest BCUT2D eigenvalue weighted by atomic mass is 10.00. The molecule has 15 rings (SSSR count). The fourth-order valence-corrected chi connectivity index (χ4v) is 18.8. The van der Waals surface area contributed by atoms with Crippen LogP contribution in [-0.2, 0) is 0 Å². The Hall–Kier alpha value is -7.65. The van der Waals surface area contributed by atoms with E-state index in [0.717, 1.165) is 184 Å². The number of piperazine rings is 6. The second kappa shape index (κ2) is 57.7. The summed E-state index contributed by atoms with van der Waals surface area (Å²) in [6.07, 6.45) is 2.55. The molecule has 7 heterocycles. The zero-order valence-electron chi connectivity index (χ0n) is 87.9. The largest absolute Gasteiger partial charge is 0.492 e. The van der Waals surface area contributed by atoms with E-state index in [4.69, 9.17) is 27.9 Å². The predicted molar refractivity (Wildman–Crippen MR) is 585 cm³/mol. The van der Waals surface area contributed by atoms with Gasteiger partial charge in [0.25, 0.3) is 0 Å². The molecule has 8 aromatic carbocycles. The maximum atomic E-state index is 14.1. The van der Waals surface area contributed by atoms with Gasteiger partial charge in [0, 0.05) is 203 Å². The summed E-state index contributed by atoms with van der Waals surface area (Å²) in [5.74, 6) is 5.39. The van der Waals surface area contributed by atoms with Gasteiger partial charge >= 0.3 is 0 Å². The number of hydrogen-bond donors (Lipinski definition) is 6. The van der Waals surface area contributed by atoms with E-state index < -0.39 is 0 Å². The molecule has 7 aliphatic heterocycles. The summed E-state index contributed by atoms with van der Waals surface area (Å²) in [4.78, 5) is 21.5. The van der Waals surface area contributed by atoms with Gasteiger partial charge in [0.1, 0.15) is 18.2 Å². The molecule has 0 spiro atoms. The van der Waals surface area contributed by atoms with Crippen LogP contribution in [0.5, 0.6) is 5.75 Å². The summed E-state index contributed by atoms with van der Waals surface area (Å²) in [5.41, 5.74) is 20.8. The molecule has 0 amide bonds. The number of nitrogens with one attached hydrogen (secondary N) is 6. The quantitative estimate of drug-likeness (QED) is 0.0387. The Morgan fingerprint density at radius 2 is 0.687 bits per heavy atom. The Morgan fingerprint density at radius 1 is 0.358 bits per heavy atom. The van der Waals surface area contributed by atoms with Crippen molar-refractivity contribution < 1.29 is 9.13 Å². The predicted octanol–water partition coefficient (Wildman–Crippen LogP) is 23.9. The van der Waals surface area contributed by atoms with Crippen LogP contribution in [0.2, 0.25) is 10.0 Å². The van der Waals surface area contributed by atoms with Crippen molar-refractivity contribution in [3.63, 3.8) is 0 Å². The topological polar surface area (TPSA) is 111 Å². The molecular formula is C115H180Cl2FN15O. The smallest absolute Gasteiger partial charge is 0.146 e. The van der Waals surface area contributed by atoms with Gasteiger partial charge in [-0.2, -0.15) is 0 Å². The first-order chi connectivity index (χ1) is 64.0. The van der Waals surface area contributed by atoms with Crippen molar-refractivity contribution in [2.75, 3.05) is 212 Å². The lowest BCUT2D eigenvalue weighted by molar-refractivity contribution is 0.223. The van der Waals surface area contributed by atoms with Crippen LogP contribution in [0.1, 0.15) is 270 Å². The van der Waals surface area contributed by atoms with Crippen molar-refractivity contribution in [2.24, 2.45) is 0 Å². The minimum atomic E-state index is -0.0923. The highest BCUT2D eigenvalue weighted by Crippen LogP contribution is 2.35. The molecule has 0 saturated carbocycles. The second-order valence-electron chi connectivity index (χ2n) is 41.0. The molecule has 19 heteroatoms. The first-order valence-corrected chi connectivity index (χ1v) is 52.3. The van der Waals surface area contributed by atoms with Crippen molar-refractivity contribution in [1.82, 2.24) is 41.7 Å². The molecule has 8 aromatic rings. The van der Waals surface area contributed by atoms with E-state index >= 15 is 0 Å². The first-order valence-electron chi connectivity index (χ1n) is 51.5. The number of nitrogens with zero attached hydrogens (tertiary/aromatic N) is 9. The van der Waals surface area contributed by atoms with Gasteiger partial charge in [0.05, 0.1) is 27.1 Å². The van der Waals surface area contributed by atoms with Gasteiger partial charge in [-0.1, -0.05) is 227 Å². The fourth-order valence-electron chi connectivity index (χ4n) is 18.2. The molecule has 134 heavy (non-hydrogen) atoms. The molecule has 1 unspecified atom stereocenters. The van der Waals surface area contributed by atoms with E-state index in [0.29, 0.717) is 77.6 Å². The number of anilines is 7. The highest BCUT2D eigenvalue weighted by molar-refractivity contribution is 6.33. The number of aryl methyl sites for hydroxylation is 1. The summed E-state index contributed by atoms with van der Waals surface area (Å²) >= 11 is 12.8. The van der Waals surface area contributed by atoms with Crippen LogP contribution in [0.3, 0.4) is 0 Å². The zero-order valence-corrected chi connectivity index (χ0v) is 89.4. The summed E-state index contributed by atoms with van der Waals surface area (Å²) < 4.78 is 19.8. The zero-order chi connectivity index (χ0) is 97.7. The third-order valence-corrected chi connectivity index (χ3v) is 27.9. The van der Waals surface area contributed by atoms with Crippen LogP contribution < -0.4 is 70.9 Å². The molecule has 6 N–H and O–H groups in total. The summed E-state index contributed by atoms with van der Waals surface area (Å²) in [7, 11) is 4.38. The number of hydrogen-bond acceptors (Lipinski definition) is 16. The number of piperidine rings is 1. The minimum absolute atomic E-state index is 0.0923. The van der Waals surface area contributed by atoms with Crippen molar-refractivity contribution in [1.29, 1.82) is 0 Å². The van der Waals surface area contributed by atoms with Crippen molar-refractivity contribution >= 4 is 63.0 Å². The van der Waals surface area contributed by atoms with Crippen LogP contribution in [-0.4, -0.2) is 224 Å². The Morgan fingerprint density at radius 3 is 1.05 bits per heavy atom. The number of likely N-dealkylation sites (N-methyl/N-ethyl adjacent to an activating group) is 1. The van der Waals surface area contributed by atoms with Crippen molar-refractivity contribution in [3.05, 3.63) is 236 Å². The normalized spacial score (nSPS) is 18.9. The molecule has 16 nitrogen and oxygen atoms in total. The monoisotopic (exact) mass is 1880 g/mol. The van der Waals surface area contributed by atoms with Crippen molar-refractivity contribution in [2.45, 2.75) is 263 Å². The van der Waals surface area contributed by atoms with Gasteiger partial charge in [0.2, 0.25) is 0 Å². The van der Waals surface area contributed by atoms with Crippen LogP contribution >= 0.6 is 23.2 Å². The molecule has 7 aliphatic rings. The van der Waals surface area contributed by atoms with Gasteiger partial charge in [-0.15, -0.1) is 0 Å². The first kappa shape index (κ1) is 112. The molecule has 0 aliphatic carbocycles. The third kappa shape index (κ3) is 36.6. The van der Waals surface area contributed by atoms with Crippen LogP contribution in [0.4, 0.5) is 44.2 Å². The molecule has 7 fully saturated rings. The molecule has 0 bridgehead atoms. The summed E-state index contributed by atoms with van der Waals surface area (Å²) in [6.45, 7) is 79.2. The van der Waals surface area contributed by atoms with Gasteiger partial charge in [0.15, 0.2) is 0 Å². The maximum absolute atomic E-state index is 14.1. The Balaban J connectivity index is 0.000000188.